The fourth-order valence-corrected chi connectivity index (χ4v) is 6.42. The molecule has 0 aromatic heterocycles. The van der Waals surface area contributed by atoms with Gasteiger partial charge in [-0.15, -0.1) is 0 Å². The van der Waals surface area contributed by atoms with E-state index in [0.717, 1.165) is 22.0 Å². The number of para-hydroxylation sites is 2. The summed E-state index contributed by atoms with van der Waals surface area (Å²) in [5.74, 6) is 0. The van der Waals surface area contributed by atoms with Crippen LogP contribution in [0.3, 0.4) is 0 Å². The zero-order valence-electron chi connectivity index (χ0n) is 22.8. The van der Waals surface area contributed by atoms with E-state index in [2.05, 4.69) is 150 Å². The van der Waals surface area contributed by atoms with E-state index in [0.29, 0.717) is 0 Å². The van der Waals surface area contributed by atoms with Gasteiger partial charge in [0.1, 0.15) is 0 Å². The Bertz CT molecular complexity index is 2130. The summed E-state index contributed by atoms with van der Waals surface area (Å²) in [5.41, 5.74) is 8.25. The summed E-state index contributed by atoms with van der Waals surface area (Å²) in [5, 5.41) is 8.39. The first kappa shape index (κ1) is 24.7. The molecule has 0 aliphatic heterocycles. The molecule has 2 heteroatoms. The van der Waals surface area contributed by atoms with Crippen molar-refractivity contribution in [3.05, 3.63) is 163 Å². The molecule has 0 amide bonds. The second-order valence-electron chi connectivity index (χ2n) is 10.7. The highest BCUT2D eigenvalue weighted by molar-refractivity contribution is 6.30. The zero-order chi connectivity index (χ0) is 28.0. The van der Waals surface area contributed by atoms with Crippen LogP contribution >= 0.6 is 11.6 Å². The van der Waals surface area contributed by atoms with E-state index >= 15 is 0 Å². The van der Waals surface area contributed by atoms with Gasteiger partial charge in [0.2, 0.25) is 0 Å². The van der Waals surface area contributed by atoms with Gasteiger partial charge in [-0.3, -0.25) is 0 Å². The van der Waals surface area contributed by atoms with E-state index in [1.165, 1.54) is 54.7 Å². The molecule has 0 aliphatic carbocycles. The average Bonchev–Trinajstić information content (AvgIpc) is 3.06. The smallest absolute Gasteiger partial charge is 0.0540 e. The molecule has 0 radical (unpaired) electrons. The summed E-state index contributed by atoms with van der Waals surface area (Å²) in [6.07, 6.45) is 0. The van der Waals surface area contributed by atoms with E-state index in [-0.39, 0.29) is 0 Å². The van der Waals surface area contributed by atoms with Gasteiger partial charge in [0.15, 0.2) is 0 Å². The van der Waals surface area contributed by atoms with Crippen molar-refractivity contribution in [2.45, 2.75) is 0 Å². The van der Waals surface area contributed by atoms with Crippen molar-refractivity contribution in [1.82, 2.24) is 0 Å². The van der Waals surface area contributed by atoms with Crippen LogP contribution in [0.1, 0.15) is 0 Å². The Hall–Kier alpha value is -5.11. The van der Waals surface area contributed by atoms with Gasteiger partial charge in [0.25, 0.3) is 0 Å². The first-order chi connectivity index (χ1) is 20.7. The highest BCUT2D eigenvalue weighted by atomic mass is 35.5. The van der Waals surface area contributed by atoms with Crippen LogP contribution in [0.5, 0.6) is 0 Å². The van der Waals surface area contributed by atoms with Gasteiger partial charge < -0.3 is 4.90 Å². The van der Waals surface area contributed by atoms with Crippen molar-refractivity contribution in [2.24, 2.45) is 0 Å². The molecule has 0 heterocycles. The Morgan fingerprint density at radius 1 is 0.381 bits per heavy atom. The normalized spacial score (nSPS) is 11.5. The number of hydrogen-bond acceptors (Lipinski definition) is 1. The van der Waals surface area contributed by atoms with Crippen LogP contribution in [0.25, 0.3) is 54.6 Å². The molecule has 198 valence electrons. The molecule has 8 aromatic rings. The second kappa shape index (κ2) is 10.1. The van der Waals surface area contributed by atoms with Crippen LogP contribution in [-0.4, -0.2) is 0 Å². The number of rotatable bonds is 5. The first-order valence-corrected chi connectivity index (χ1v) is 14.6. The summed E-state index contributed by atoms with van der Waals surface area (Å²) < 4.78 is 0. The zero-order valence-corrected chi connectivity index (χ0v) is 23.6. The molecule has 42 heavy (non-hydrogen) atoms. The topological polar surface area (TPSA) is 3.24 Å². The Morgan fingerprint density at radius 3 is 1.48 bits per heavy atom. The van der Waals surface area contributed by atoms with Crippen molar-refractivity contribution >= 4 is 61.0 Å². The van der Waals surface area contributed by atoms with Gasteiger partial charge >= 0.3 is 0 Å². The summed E-state index contributed by atoms with van der Waals surface area (Å²) in [6.45, 7) is 0. The average molecular weight is 556 g/mol. The molecule has 0 N–H and O–H groups in total. The van der Waals surface area contributed by atoms with E-state index in [4.69, 9.17) is 11.6 Å². The van der Waals surface area contributed by atoms with Gasteiger partial charge in [-0.05, 0) is 91.6 Å². The Morgan fingerprint density at radius 2 is 0.857 bits per heavy atom. The fourth-order valence-electron chi connectivity index (χ4n) is 6.30. The maximum Gasteiger partial charge on any atom is 0.0540 e. The van der Waals surface area contributed by atoms with E-state index in [1.54, 1.807) is 0 Å². The maximum absolute atomic E-state index is 6.11. The minimum absolute atomic E-state index is 0.753. The molecule has 0 saturated heterocycles. The lowest BCUT2D eigenvalue weighted by atomic mass is 9.89. The quantitative estimate of drug-likeness (QED) is 0.191. The van der Waals surface area contributed by atoms with Gasteiger partial charge in [0, 0.05) is 21.8 Å². The number of hydrogen-bond donors (Lipinski definition) is 0. The van der Waals surface area contributed by atoms with Crippen molar-refractivity contribution < 1.29 is 0 Å². The minimum Gasteiger partial charge on any atom is -0.310 e. The van der Waals surface area contributed by atoms with Crippen molar-refractivity contribution in [2.75, 3.05) is 4.90 Å². The summed E-state index contributed by atoms with van der Waals surface area (Å²) in [6, 6.07) is 56.3. The highest BCUT2D eigenvalue weighted by Gasteiger charge is 2.19. The van der Waals surface area contributed by atoms with Gasteiger partial charge in [-0.1, -0.05) is 127 Å². The number of nitrogens with zero attached hydrogens (tertiary/aromatic N) is 1. The molecular weight excluding hydrogens is 530 g/mol. The van der Waals surface area contributed by atoms with Gasteiger partial charge in [-0.2, -0.15) is 0 Å². The minimum atomic E-state index is 0.753. The van der Waals surface area contributed by atoms with E-state index in [1.807, 2.05) is 12.1 Å². The molecule has 0 atom stereocenters. The molecule has 0 unspecified atom stereocenters. The predicted octanol–water partition coefficient (Wildman–Crippen LogP) is 12.0. The maximum atomic E-state index is 6.11. The number of halogens is 1. The lowest BCUT2D eigenvalue weighted by Crippen LogP contribution is -2.10. The molecule has 0 bridgehead atoms. The van der Waals surface area contributed by atoms with Crippen molar-refractivity contribution in [3.63, 3.8) is 0 Å². The predicted molar refractivity (Wildman–Crippen MR) is 181 cm³/mol. The fraction of sp³-hybridized carbons (Fsp3) is 0. The number of anilines is 3. The van der Waals surface area contributed by atoms with Crippen LogP contribution in [0, 0.1) is 0 Å². The third kappa shape index (κ3) is 4.10. The molecule has 0 spiro atoms. The largest absolute Gasteiger partial charge is 0.310 e. The monoisotopic (exact) mass is 555 g/mol. The van der Waals surface area contributed by atoms with Crippen molar-refractivity contribution in [1.29, 1.82) is 0 Å². The van der Waals surface area contributed by atoms with Gasteiger partial charge in [-0.25, -0.2) is 0 Å². The van der Waals surface area contributed by atoms with Crippen LogP contribution in [-0.2, 0) is 0 Å². The summed E-state index contributed by atoms with van der Waals surface area (Å²) >= 11 is 6.11. The first-order valence-electron chi connectivity index (χ1n) is 14.2. The molecule has 0 saturated carbocycles. The lowest BCUT2D eigenvalue weighted by Gasteiger charge is -2.27. The molecule has 1 nitrogen and oxygen atoms in total. The van der Waals surface area contributed by atoms with Crippen LogP contribution in [0.4, 0.5) is 17.1 Å². The van der Waals surface area contributed by atoms with Gasteiger partial charge in [0.05, 0.1) is 5.69 Å². The molecular formula is C40H26ClN. The number of benzene rings is 8. The SMILES string of the molecule is Clc1ccc(-c2ccc(-c3ccc4ccc5c(N(c6ccccc6)c6ccccc6)ccc6ccc3c4c65)cc2)cc1. The second-order valence-corrected chi connectivity index (χ2v) is 11.1. The Kier molecular flexibility index (Phi) is 5.91. The van der Waals surface area contributed by atoms with Crippen LogP contribution < -0.4 is 4.90 Å². The summed E-state index contributed by atoms with van der Waals surface area (Å²) in [4.78, 5) is 2.36. The Labute approximate surface area is 250 Å². The van der Waals surface area contributed by atoms with Crippen LogP contribution in [0.2, 0.25) is 5.02 Å². The lowest BCUT2D eigenvalue weighted by molar-refractivity contribution is 1.30. The van der Waals surface area contributed by atoms with Crippen molar-refractivity contribution in [3.8, 4) is 22.3 Å². The summed E-state index contributed by atoms with van der Waals surface area (Å²) in [7, 11) is 0. The molecule has 8 rings (SSSR count). The van der Waals surface area contributed by atoms with Crippen LogP contribution in [0.15, 0.2) is 158 Å². The third-order valence-electron chi connectivity index (χ3n) is 8.28. The van der Waals surface area contributed by atoms with E-state index < -0.39 is 0 Å². The highest BCUT2D eigenvalue weighted by Crippen LogP contribution is 2.45. The molecule has 0 aliphatic rings. The van der Waals surface area contributed by atoms with E-state index in [9.17, 15) is 0 Å². The Balaban J connectivity index is 1.32. The third-order valence-corrected chi connectivity index (χ3v) is 8.54. The standard InChI is InChI=1S/C40H26ClN/c41-32-21-15-28(16-22-32)27-11-13-29(14-12-27)35-23-17-30-19-25-37-38(26-20-31-18-24-36(35)39(30)40(31)37)42(33-7-3-1-4-8-33)34-9-5-2-6-10-34/h1-26H. The molecule has 0 fully saturated rings. The molecule has 8 aromatic carbocycles.